The molecule has 0 fully saturated rings. The molecule has 2 aromatic carbocycles. The summed E-state index contributed by atoms with van der Waals surface area (Å²) in [4.78, 5) is 24.4. The number of nitrogens with zero attached hydrogens (tertiary/aromatic N) is 3. The Morgan fingerprint density at radius 3 is 2.45 bits per heavy atom. The highest BCUT2D eigenvalue weighted by Gasteiger charge is 2.24. The zero-order valence-corrected chi connectivity index (χ0v) is 20.4. The monoisotopic (exact) mass is 479 g/mol. The summed E-state index contributed by atoms with van der Waals surface area (Å²) in [6, 6.07) is 15.9. The number of thiazole rings is 1. The Bertz CT molecular complexity index is 1380. The van der Waals surface area contributed by atoms with E-state index in [1.807, 2.05) is 30.3 Å². The van der Waals surface area contributed by atoms with Crippen LogP contribution in [0.1, 0.15) is 42.3 Å². The molecule has 0 radical (unpaired) electrons. The quantitative estimate of drug-likeness (QED) is 0.360. The molecule has 0 aliphatic heterocycles. The lowest BCUT2D eigenvalue weighted by Crippen LogP contribution is -2.30. The lowest BCUT2D eigenvalue weighted by molar-refractivity contribution is 0.0985. The Hall–Kier alpha value is -3.10. The number of hydrogen-bond acceptors (Lipinski definition) is 6. The summed E-state index contributed by atoms with van der Waals surface area (Å²) < 4.78 is 25.9. The number of para-hydroxylation sites is 1. The number of hydrogen-bond donors (Lipinski definition) is 0. The third-order valence-electron chi connectivity index (χ3n) is 5.46. The van der Waals surface area contributed by atoms with Crippen LogP contribution in [0, 0.1) is 0 Å². The van der Waals surface area contributed by atoms with Gasteiger partial charge >= 0.3 is 0 Å². The van der Waals surface area contributed by atoms with Crippen molar-refractivity contribution in [3.05, 3.63) is 83.7 Å². The van der Waals surface area contributed by atoms with Crippen LogP contribution in [0.15, 0.2) is 71.9 Å². The molecule has 0 saturated heterocycles. The number of carbonyl (C=O) groups is 1. The van der Waals surface area contributed by atoms with Gasteiger partial charge in [-0.05, 0) is 67.8 Å². The molecule has 170 valence electrons. The largest absolute Gasteiger partial charge is 0.279 e. The lowest BCUT2D eigenvalue weighted by Gasteiger charge is -2.20. The molecule has 6 nitrogen and oxygen atoms in total. The van der Waals surface area contributed by atoms with Crippen molar-refractivity contribution in [3.8, 4) is 0 Å². The molecule has 0 unspecified atom stereocenters. The minimum atomic E-state index is -3.41. The molecule has 0 aliphatic carbocycles. The highest BCUT2D eigenvalue weighted by atomic mass is 32.2. The van der Waals surface area contributed by atoms with Crippen molar-refractivity contribution in [1.29, 1.82) is 0 Å². The number of pyridine rings is 1. The van der Waals surface area contributed by atoms with E-state index in [2.05, 4.69) is 11.9 Å². The van der Waals surface area contributed by atoms with Crippen LogP contribution in [0.3, 0.4) is 0 Å². The molecule has 1 amide bonds. The van der Waals surface area contributed by atoms with E-state index in [9.17, 15) is 13.2 Å². The van der Waals surface area contributed by atoms with Gasteiger partial charge in [0.15, 0.2) is 15.0 Å². The third-order valence-corrected chi connectivity index (χ3v) is 8.68. The number of fused-ring (bicyclic) bond motifs is 1. The summed E-state index contributed by atoms with van der Waals surface area (Å²) in [5.74, 6) is -0.246. The van der Waals surface area contributed by atoms with E-state index in [-0.39, 0.29) is 10.8 Å². The van der Waals surface area contributed by atoms with Crippen molar-refractivity contribution in [2.75, 3.05) is 4.90 Å². The highest BCUT2D eigenvalue weighted by Crippen LogP contribution is 2.33. The van der Waals surface area contributed by atoms with Gasteiger partial charge in [0, 0.05) is 18.0 Å². The molecule has 4 rings (SSSR count). The Morgan fingerprint density at radius 1 is 1.06 bits per heavy atom. The van der Waals surface area contributed by atoms with Crippen molar-refractivity contribution in [1.82, 2.24) is 9.97 Å². The number of rotatable bonds is 7. The van der Waals surface area contributed by atoms with Crippen molar-refractivity contribution in [2.24, 2.45) is 0 Å². The number of aryl methyl sites for hydroxylation is 1. The van der Waals surface area contributed by atoms with E-state index in [0.29, 0.717) is 17.2 Å². The minimum Gasteiger partial charge on any atom is -0.279 e. The van der Waals surface area contributed by atoms with Crippen LogP contribution in [-0.2, 0) is 22.8 Å². The van der Waals surface area contributed by atoms with Gasteiger partial charge in [-0.15, -0.1) is 0 Å². The van der Waals surface area contributed by atoms with Gasteiger partial charge in [0.05, 0.1) is 26.9 Å². The third kappa shape index (κ3) is 4.67. The Morgan fingerprint density at radius 2 is 1.82 bits per heavy atom. The van der Waals surface area contributed by atoms with Crippen molar-refractivity contribution < 1.29 is 13.2 Å². The molecule has 0 atom stereocenters. The molecule has 0 N–H and O–H groups in total. The van der Waals surface area contributed by atoms with Gasteiger partial charge in [-0.1, -0.05) is 36.5 Å². The fourth-order valence-electron chi connectivity index (χ4n) is 3.51. The second kappa shape index (κ2) is 9.41. The van der Waals surface area contributed by atoms with Gasteiger partial charge in [-0.25, -0.2) is 13.4 Å². The average molecular weight is 480 g/mol. The fraction of sp³-hybridized carbons (Fsp3) is 0.240. The molecule has 0 aliphatic rings. The molecule has 8 heteroatoms. The lowest BCUT2D eigenvalue weighted by atomic mass is 10.1. The predicted octanol–water partition coefficient (Wildman–Crippen LogP) is 5.28. The van der Waals surface area contributed by atoms with Crippen molar-refractivity contribution in [3.63, 3.8) is 0 Å². The van der Waals surface area contributed by atoms with Crippen LogP contribution in [0.25, 0.3) is 10.2 Å². The number of benzene rings is 2. The van der Waals surface area contributed by atoms with E-state index in [0.717, 1.165) is 27.8 Å². The maximum Gasteiger partial charge on any atom is 0.260 e. The van der Waals surface area contributed by atoms with Crippen molar-refractivity contribution in [2.45, 2.75) is 43.9 Å². The maximum atomic E-state index is 13.6. The Kier molecular flexibility index (Phi) is 6.58. The molecule has 33 heavy (non-hydrogen) atoms. The van der Waals surface area contributed by atoms with E-state index >= 15 is 0 Å². The number of aromatic nitrogens is 2. The van der Waals surface area contributed by atoms with Gasteiger partial charge in [0.2, 0.25) is 0 Å². The summed E-state index contributed by atoms with van der Waals surface area (Å²) >= 11 is 1.47. The molecule has 0 spiro atoms. The van der Waals surface area contributed by atoms with Gasteiger partial charge in [-0.2, -0.15) is 0 Å². The Labute approximate surface area is 197 Å². The van der Waals surface area contributed by atoms with Crippen LogP contribution in [-0.4, -0.2) is 29.5 Å². The summed E-state index contributed by atoms with van der Waals surface area (Å²) in [7, 11) is -3.41. The summed E-state index contributed by atoms with van der Waals surface area (Å²) in [5.41, 5.74) is 3.31. The van der Waals surface area contributed by atoms with E-state index in [1.165, 1.54) is 23.5 Å². The van der Waals surface area contributed by atoms with Crippen LogP contribution < -0.4 is 4.90 Å². The molecule has 4 aromatic rings. The fourth-order valence-corrected chi connectivity index (χ4v) is 5.58. The normalized spacial score (nSPS) is 11.8. The topological polar surface area (TPSA) is 80.2 Å². The standard InChI is InChI=1S/C25H25N3O3S2/c1-4-19-8-5-9-22-23(19)27-25(32-22)28(16-18-7-6-14-26-15-18)24(29)20-10-12-21(13-11-20)33(30,31)17(2)3/h5-15,17H,4,16H2,1-3H3. The first kappa shape index (κ1) is 23.1. The molecule has 0 saturated carbocycles. The van der Waals surface area contributed by atoms with Gasteiger partial charge in [0.25, 0.3) is 5.91 Å². The zero-order chi connectivity index (χ0) is 23.6. The summed E-state index contributed by atoms with van der Waals surface area (Å²) in [6.07, 6.45) is 4.26. The number of amides is 1. The van der Waals surface area contributed by atoms with Gasteiger partial charge in [-0.3, -0.25) is 14.7 Å². The van der Waals surface area contributed by atoms with Crippen LogP contribution >= 0.6 is 11.3 Å². The number of carbonyl (C=O) groups excluding carboxylic acids is 1. The van der Waals surface area contributed by atoms with Crippen LogP contribution in [0.2, 0.25) is 0 Å². The zero-order valence-electron chi connectivity index (χ0n) is 18.7. The highest BCUT2D eigenvalue weighted by molar-refractivity contribution is 7.92. The molecule has 2 aromatic heterocycles. The second-order valence-electron chi connectivity index (χ2n) is 7.98. The molecule has 0 bridgehead atoms. The first-order valence-corrected chi connectivity index (χ1v) is 13.1. The van der Waals surface area contributed by atoms with E-state index in [4.69, 9.17) is 4.98 Å². The van der Waals surface area contributed by atoms with Crippen molar-refractivity contribution >= 4 is 42.4 Å². The predicted molar refractivity (Wildman–Crippen MR) is 133 cm³/mol. The van der Waals surface area contributed by atoms with Gasteiger partial charge in [0.1, 0.15) is 0 Å². The van der Waals surface area contributed by atoms with Gasteiger partial charge < -0.3 is 0 Å². The van der Waals surface area contributed by atoms with E-state index < -0.39 is 15.1 Å². The number of sulfone groups is 1. The average Bonchev–Trinajstić information content (AvgIpc) is 3.27. The second-order valence-corrected chi connectivity index (χ2v) is 11.5. The Balaban J connectivity index is 1.74. The number of anilines is 1. The first-order chi connectivity index (χ1) is 15.8. The first-order valence-electron chi connectivity index (χ1n) is 10.7. The van der Waals surface area contributed by atoms with Crippen LogP contribution in [0.4, 0.5) is 5.13 Å². The maximum absolute atomic E-state index is 13.6. The van der Waals surface area contributed by atoms with Crippen LogP contribution in [0.5, 0.6) is 0 Å². The van der Waals surface area contributed by atoms with E-state index in [1.54, 1.807) is 43.3 Å². The minimum absolute atomic E-state index is 0.209. The molecule has 2 heterocycles. The molecular formula is C25H25N3O3S2. The summed E-state index contributed by atoms with van der Waals surface area (Å²) in [5, 5.41) is 0.0651. The molecular weight excluding hydrogens is 454 g/mol. The smallest absolute Gasteiger partial charge is 0.260 e. The SMILES string of the molecule is CCc1cccc2sc(N(Cc3cccnc3)C(=O)c3ccc(S(=O)(=O)C(C)C)cc3)nc12. The summed E-state index contributed by atoms with van der Waals surface area (Å²) in [6.45, 7) is 5.67.